The topological polar surface area (TPSA) is 709 Å². The summed E-state index contributed by atoms with van der Waals surface area (Å²) in [5, 5.41) is 244. The Morgan fingerprint density at radius 1 is 0.250 bits per heavy atom. The van der Waals surface area contributed by atoms with Crippen molar-refractivity contribution in [3.05, 3.63) is 0 Å². The van der Waals surface area contributed by atoms with Crippen LogP contribution in [0.4, 0.5) is 0 Å². The molecule has 46 heteroatoms. The van der Waals surface area contributed by atoms with Gasteiger partial charge >= 0.3 is 0 Å². The number of amides is 5. The molecule has 0 aliphatic carbocycles. The molecule has 104 heavy (non-hydrogen) atoms. The lowest BCUT2D eigenvalue weighted by Gasteiger charge is -2.51. The highest BCUT2D eigenvalue weighted by molar-refractivity contribution is 5.75. The van der Waals surface area contributed by atoms with E-state index in [-0.39, 0.29) is 0 Å². The summed E-state index contributed by atoms with van der Waals surface area (Å²) in [4.78, 5) is 63.5. The number of hydrogen-bond acceptors (Lipinski definition) is 41. The zero-order chi connectivity index (χ0) is 76.8. The Kier molecular flexibility index (Phi) is 30.9. The third-order valence-corrected chi connectivity index (χ3v) is 18.6. The second-order valence-electron chi connectivity index (χ2n) is 26.1. The van der Waals surface area contributed by atoms with Crippen molar-refractivity contribution in [2.75, 3.05) is 52.9 Å². The van der Waals surface area contributed by atoms with Crippen LogP contribution in [0.1, 0.15) is 34.6 Å². The minimum absolute atomic E-state index is 0.746. The normalized spacial score (nSPS) is 47.2. The van der Waals surface area contributed by atoms with E-state index in [1.54, 1.807) is 0 Å². The third kappa shape index (κ3) is 19.4. The molecule has 8 saturated heterocycles. The van der Waals surface area contributed by atoms with Crippen molar-refractivity contribution in [1.29, 1.82) is 0 Å². The fourth-order valence-electron chi connectivity index (χ4n) is 13.3. The maximum atomic E-state index is 13.3. The van der Waals surface area contributed by atoms with Gasteiger partial charge in [-0.25, -0.2) is 0 Å². The van der Waals surface area contributed by atoms with E-state index in [2.05, 4.69) is 26.6 Å². The van der Waals surface area contributed by atoms with Gasteiger partial charge in [0.2, 0.25) is 29.5 Å². The predicted octanol–water partition coefficient (Wildman–Crippen LogP) is -17.7. The fourth-order valence-corrected chi connectivity index (χ4v) is 13.3. The van der Waals surface area contributed by atoms with Crippen LogP contribution >= 0.6 is 0 Å². The standard InChI is InChI=1S/C58H97N5O41/c1-14(70)59-27-38(81)32(75)19(6-64)93-52(27)90-12-25-34(77)42(85)44(87)57(98-25)103-49-31(63-18(5)74)55(94-22(9-67)36(49)79)104-50-37(80)26(13-91-53-28(60-15(2)71)39(82)46(23(10-68)96-53)100-56-43(86)41(84)33(76)20(7-65)95-56)99-58(45(50)88)101-47-24(11-69)97-54(29(40(47)83)61-16(3)72)102-48-30(62-17(4)73)51(89)92-21(8-66)35(48)78/h19-58,64-69,75-89H,6-13H2,1-5H3,(H,59,70)(H,60,71)(H,61,72)(H,62,73)(H,63,74)/t19-,20-,21-,22-,23-,24-,25-,26-,27-,28-,29-,30-,31-,32+,33+,34+,35+,36-,37+,38-,39-,40-,41+,42+,43-,44-,45-,46-,47-,48-,49-,50+,51+,52+,53-,54+,55+,56+,57+,58+/m1/s1. The van der Waals surface area contributed by atoms with E-state index >= 15 is 0 Å². The van der Waals surface area contributed by atoms with Gasteiger partial charge in [0.15, 0.2) is 50.3 Å². The van der Waals surface area contributed by atoms with Gasteiger partial charge in [-0.05, 0) is 0 Å². The van der Waals surface area contributed by atoms with Gasteiger partial charge in [0.1, 0.15) is 195 Å². The van der Waals surface area contributed by atoms with E-state index in [0.29, 0.717) is 0 Å². The molecule has 46 nitrogen and oxygen atoms in total. The number of aliphatic hydroxyl groups is 21. The number of ether oxygens (including phenoxy) is 15. The summed E-state index contributed by atoms with van der Waals surface area (Å²) in [6.07, 6.45) is -69.8. The quantitative estimate of drug-likeness (QED) is 0.0363. The SMILES string of the molecule is CC(=O)N[C@@H]1[C@@H](O[C@@H]2O[C@H](CO)[C@@H](O[C@@H]3O[C@H](CO[C@@H]4O[C@H](CO)[C@@H](O[C@@H]5O[C@H](CO)[C@H](O)[C@H](O)[C@H]5O)[C@H](O)[C@H]4NC(C)=O)[C@H](O)[C@H](O[C@@H]4O[C@H](CO)[C@@H](O)[C@H](O[C@@H]5O[C@H](CO[C@H]6O[C@H](CO)[C@H](O)[C@H](O)[C@H]6NC(C)=O)[C@H](O)[C@H](O)[C@H]5O)[C@H]4NC(C)=O)[C@H]3O)[C@H](O)[C@H]2NC(C)=O)[C@@H](O)[C@@H](CO)O[C@@H]1O. The highest BCUT2D eigenvalue weighted by Gasteiger charge is 2.60. The van der Waals surface area contributed by atoms with Crippen LogP contribution in [-0.4, -0.2) is 435 Å². The third-order valence-electron chi connectivity index (χ3n) is 18.6. The average Bonchev–Trinajstić information content (AvgIpc) is 0.771. The Morgan fingerprint density at radius 3 is 0.971 bits per heavy atom. The van der Waals surface area contributed by atoms with Gasteiger partial charge in [-0.2, -0.15) is 0 Å². The Bertz CT molecular complexity index is 2770. The molecule has 8 rings (SSSR count). The van der Waals surface area contributed by atoms with Crippen LogP contribution in [-0.2, 0) is 95.0 Å². The van der Waals surface area contributed by atoms with Crippen LogP contribution in [0, 0.1) is 0 Å². The van der Waals surface area contributed by atoms with Gasteiger partial charge in [-0.3, -0.25) is 24.0 Å². The second kappa shape index (κ2) is 37.5. The van der Waals surface area contributed by atoms with Gasteiger partial charge < -0.3 is 205 Å². The first-order valence-corrected chi connectivity index (χ1v) is 33.1. The maximum Gasteiger partial charge on any atom is 0.217 e. The Balaban J connectivity index is 1.11. The molecule has 8 fully saturated rings. The first-order valence-electron chi connectivity index (χ1n) is 33.1. The predicted molar refractivity (Wildman–Crippen MR) is 322 cm³/mol. The molecule has 0 aromatic heterocycles. The molecule has 0 aromatic rings. The lowest BCUT2D eigenvalue weighted by Crippen LogP contribution is -2.71. The van der Waals surface area contributed by atoms with Crippen molar-refractivity contribution in [2.24, 2.45) is 0 Å². The molecular formula is C58H97N5O41. The van der Waals surface area contributed by atoms with E-state index in [4.69, 9.17) is 71.1 Å². The lowest BCUT2D eigenvalue weighted by molar-refractivity contribution is -0.384. The van der Waals surface area contributed by atoms with Crippen molar-refractivity contribution in [3.63, 3.8) is 0 Å². The highest BCUT2D eigenvalue weighted by Crippen LogP contribution is 2.38. The number of hydrogen-bond donors (Lipinski definition) is 26. The molecule has 0 radical (unpaired) electrons. The van der Waals surface area contributed by atoms with E-state index in [1.807, 2.05) is 0 Å². The number of carbonyl (C=O) groups excluding carboxylic acids is 5. The molecule has 0 spiro atoms. The van der Waals surface area contributed by atoms with E-state index in [9.17, 15) is 131 Å². The molecule has 8 heterocycles. The minimum Gasteiger partial charge on any atom is -0.394 e. The zero-order valence-corrected chi connectivity index (χ0v) is 56.3. The molecule has 0 bridgehead atoms. The lowest BCUT2D eigenvalue weighted by atomic mass is 9.93. The number of nitrogens with one attached hydrogen (secondary N) is 5. The first-order chi connectivity index (χ1) is 49.1. The molecule has 0 aromatic carbocycles. The van der Waals surface area contributed by atoms with Crippen molar-refractivity contribution in [2.45, 2.75) is 280 Å². The van der Waals surface area contributed by atoms with Crippen LogP contribution in [0.15, 0.2) is 0 Å². The summed E-state index contributed by atoms with van der Waals surface area (Å²) < 4.78 is 88.4. The van der Waals surface area contributed by atoms with Gasteiger partial charge in [0.05, 0.1) is 52.9 Å². The molecule has 5 amide bonds. The summed E-state index contributed by atoms with van der Waals surface area (Å²) in [6, 6.07) is -8.85. The molecule has 0 saturated carbocycles. The van der Waals surface area contributed by atoms with Crippen LogP contribution in [0.3, 0.4) is 0 Å². The summed E-state index contributed by atoms with van der Waals surface area (Å²) in [6.45, 7) is -3.11. The molecule has 8 aliphatic heterocycles. The molecule has 0 unspecified atom stereocenters. The Morgan fingerprint density at radius 2 is 0.519 bits per heavy atom. The number of rotatable bonds is 27. The van der Waals surface area contributed by atoms with Crippen LogP contribution in [0.25, 0.3) is 0 Å². The van der Waals surface area contributed by atoms with Gasteiger partial charge in [-0.1, -0.05) is 0 Å². The summed E-state index contributed by atoms with van der Waals surface area (Å²) in [7, 11) is 0. The fraction of sp³-hybridized carbons (Fsp3) is 0.914. The van der Waals surface area contributed by atoms with Gasteiger partial charge in [-0.15, -0.1) is 0 Å². The van der Waals surface area contributed by atoms with Crippen LogP contribution < -0.4 is 26.6 Å². The van der Waals surface area contributed by atoms with Crippen LogP contribution in [0.2, 0.25) is 0 Å². The highest BCUT2D eigenvalue weighted by atomic mass is 16.8. The molecule has 8 aliphatic rings. The van der Waals surface area contributed by atoms with Crippen molar-refractivity contribution < 1.29 is 202 Å². The van der Waals surface area contributed by atoms with Crippen molar-refractivity contribution in [3.8, 4) is 0 Å². The van der Waals surface area contributed by atoms with E-state index in [0.717, 1.165) is 34.6 Å². The van der Waals surface area contributed by atoms with Crippen molar-refractivity contribution in [1.82, 2.24) is 26.6 Å². The monoisotopic (exact) mass is 1520 g/mol. The number of aliphatic hydroxyl groups excluding tert-OH is 21. The number of carbonyl (C=O) groups is 5. The summed E-state index contributed by atoms with van der Waals surface area (Å²) in [5.74, 6) is -4.32. The first kappa shape index (κ1) is 85.5. The summed E-state index contributed by atoms with van der Waals surface area (Å²) >= 11 is 0. The Hall–Kier alpha value is -4.09. The molecule has 40 atom stereocenters. The second-order valence-corrected chi connectivity index (χ2v) is 26.1. The average molecular weight is 1520 g/mol. The van der Waals surface area contributed by atoms with Gasteiger partial charge in [0, 0.05) is 34.6 Å². The maximum absolute atomic E-state index is 13.3. The molecule has 26 N–H and O–H groups in total. The van der Waals surface area contributed by atoms with E-state index in [1.165, 1.54) is 0 Å². The molecule has 600 valence electrons. The smallest absolute Gasteiger partial charge is 0.217 e. The van der Waals surface area contributed by atoms with E-state index < -0.39 is 328 Å². The zero-order valence-electron chi connectivity index (χ0n) is 56.3. The van der Waals surface area contributed by atoms with Crippen molar-refractivity contribution >= 4 is 29.5 Å². The largest absolute Gasteiger partial charge is 0.394 e. The van der Waals surface area contributed by atoms with Crippen LogP contribution in [0.5, 0.6) is 0 Å². The summed E-state index contributed by atoms with van der Waals surface area (Å²) in [5.41, 5.74) is 0. The minimum atomic E-state index is -2.48. The Labute approximate surface area is 589 Å². The molecular weight excluding hydrogens is 1420 g/mol. The van der Waals surface area contributed by atoms with Gasteiger partial charge in [0.25, 0.3) is 0 Å².